The van der Waals surface area contributed by atoms with E-state index in [1.807, 2.05) is 7.05 Å². The summed E-state index contributed by atoms with van der Waals surface area (Å²) in [7, 11) is 2.00. The molecule has 5 rings (SSSR count). The molecule has 0 amide bonds. The normalized spacial score (nSPS) is 39.9. The maximum atomic E-state index is 4.59. The van der Waals surface area contributed by atoms with Crippen LogP contribution in [0.1, 0.15) is 44.1 Å². The van der Waals surface area contributed by atoms with Crippen molar-refractivity contribution in [3.63, 3.8) is 0 Å². The Labute approximate surface area is 115 Å². The maximum absolute atomic E-state index is 4.59. The van der Waals surface area contributed by atoms with Crippen molar-refractivity contribution in [2.75, 3.05) is 13.6 Å². The van der Waals surface area contributed by atoms with Crippen LogP contribution in [0.15, 0.2) is 12.4 Å². The Morgan fingerprint density at radius 3 is 2.42 bits per heavy atom. The van der Waals surface area contributed by atoms with Crippen molar-refractivity contribution in [3.05, 3.63) is 18.0 Å². The fraction of sp³-hybridized carbons (Fsp3) is 0.812. The number of hydrogen-bond donors (Lipinski definition) is 1. The molecule has 104 valence electrons. The molecular formula is C16H25N3. The summed E-state index contributed by atoms with van der Waals surface area (Å²) in [5, 5.41) is 7.79. The minimum Gasteiger partial charge on any atom is -0.318 e. The van der Waals surface area contributed by atoms with Crippen molar-refractivity contribution in [1.29, 1.82) is 0 Å². The number of likely N-dealkylation sites (N-methyl/N-ethyl adjacent to an activating group) is 1. The largest absolute Gasteiger partial charge is 0.318 e. The molecule has 1 aromatic heterocycles. The minimum absolute atomic E-state index is 0.507. The van der Waals surface area contributed by atoms with Crippen molar-refractivity contribution < 1.29 is 0 Å². The number of hydrogen-bond acceptors (Lipinski definition) is 2. The van der Waals surface area contributed by atoms with E-state index in [-0.39, 0.29) is 0 Å². The molecule has 0 atom stereocenters. The van der Waals surface area contributed by atoms with Gasteiger partial charge in [-0.15, -0.1) is 0 Å². The molecule has 4 saturated carbocycles. The zero-order valence-electron chi connectivity index (χ0n) is 11.9. The Hall–Kier alpha value is -0.830. The van der Waals surface area contributed by atoms with E-state index in [9.17, 15) is 0 Å². The lowest BCUT2D eigenvalue weighted by Crippen LogP contribution is -2.48. The highest BCUT2D eigenvalue weighted by Gasteiger charge is 2.51. The lowest BCUT2D eigenvalue weighted by molar-refractivity contribution is -0.00522. The third kappa shape index (κ3) is 1.94. The number of aromatic nitrogens is 2. The zero-order valence-corrected chi connectivity index (χ0v) is 11.9. The summed E-state index contributed by atoms with van der Waals surface area (Å²) in [6.45, 7) is 1.99. The Kier molecular flexibility index (Phi) is 2.73. The van der Waals surface area contributed by atoms with Crippen LogP contribution in [0.5, 0.6) is 0 Å². The lowest BCUT2D eigenvalue weighted by atomic mass is 9.48. The predicted octanol–water partition coefficient (Wildman–Crippen LogP) is 2.57. The fourth-order valence-electron chi connectivity index (χ4n) is 5.45. The third-order valence-electron chi connectivity index (χ3n) is 5.87. The molecule has 1 heterocycles. The van der Waals surface area contributed by atoms with Gasteiger partial charge in [0, 0.05) is 12.7 Å². The fourth-order valence-corrected chi connectivity index (χ4v) is 5.45. The van der Waals surface area contributed by atoms with Crippen LogP contribution in [0.3, 0.4) is 0 Å². The quantitative estimate of drug-likeness (QED) is 0.900. The molecule has 3 nitrogen and oxygen atoms in total. The molecule has 1 N–H and O–H groups in total. The second-order valence-corrected chi connectivity index (χ2v) is 7.29. The number of nitrogens with one attached hydrogen (secondary N) is 1. The number of nitrogens with zero attached hydrogens (tertiary/aromatic N) is 2. The van der Waals surface area contributed by atoms with Gasteiger partial charge in [-0.1, -0.05) is 0 Å². The van der Waals surface area contributed by atoms with Gasteiger partial charge in [0.1, 0.15) is 0 Å². The average molecular weight is 259 g/mol. The van der Waals surface area contributed by atoms with E-state index in [0.29, 0.717) is 5.41 Å². The van der Waals surface area contributed by atoms with Crippen molar-refractivity contribution >= 4 is 0 Å². The summed E-state index contributed by atoms with van der Waals surface area (Å²) in [5.74, 6) is 3.06. The van der Waals surface area contributed by atoms with Crippen LogP contribution >= 0.6 is 0 Å². The molecule has 4 aliphatic carbocycles. The molecule has 0 unspecified atom stereocenters. The van der Waals surface area contributed by atoms with Crippen LogP contribution in [0.25, 0.3) is 0 Å². The average Bonchev–Trinajstić information content (AvgIpc) is 2.84. The van der Waals surface area contributed by atoms with Crippen molar-refractivity contribution in [2.45, 2.75) is 50.5 Å². The Morgan fingerprint density at radius 2 is 1.84 bits per heavy atom. The van der Waals surface area contributed by atoms with E-state index in [2.05, 4.69) is 27.5 Å². The van der Waals surface area contributed by atoms with Gasteiger partial charge in [-0.2, -0.15) is 5.10 Å². The zero-order chi connectivity index (χ0) is 12.9. The first-order chi connectivity index (χ1) is 9.27. The summed E-state index contributed by atoms with van der Waals surface area (Å²) in [6, 6.07) is 0. The molecule has 1 aromatic rings. The summed E-state index contributed by atoms with van der Waals surface area (Å²) >= 11 is 0. The Morgan fingerprint density at radius 1 is 1.21 bits per heavy atom. The molecule has 4 bridgehead atoms. The van der Waals surface area contributed by atoms with Gasteiger partial charge in [0.2, 0.25) is 0 Å². The third-order valence-corrected chi connectivity index (χ3v) is 5.87. The van der Waals surface area contributed by atoms with Gasteiger partial charge in [0.05, 0.1) is 12.7 Å². The van der Waals surface area contributed by atoms with Gasteiger partial charge < -0.3 is 5.32 Å². The van der Waals surface area contributed by atoms with E-state index in [1.54, 1.807) is 5.56 Å². The Balaban J connectivity index is 1.59. The van der Waals surface area contributed by atoms with E-state index < -0.39 is 0 Å². The summed E-state index contributed by atoms with van der Waals surface area (Å²) in [5.41, 5.74) is 2.05. The highest BCUT2D eigenvalue weighted by atomic mass is 15.3. The Bertz CT molecular complexity index is 427. The first kappa shape index (κ1) is 12.0. The van der Waals surface area contributed by atoms with Crippen LogP contribution in [0.2, 0.25) is 0 Å². The summed E-state index contributed by atoms with van der Waals surface area (Å²) in [6.07, 6.45) is 13.4. The highest BCUT2D eigenvalue weighted by Crippen LogP contribution is 2.60. The molecule has 4 aliphatic rings. The van der Waals surface area contributed by atoms with Crippen LogP contribution in [-0.2, 0) is 12.0 Å². The van der Waals surface area contributed by atoms with E-state index in [0.717, 1.165) is 30.8 Å². The monoisotopic (exact) mass is 259 g/mol. The van der Waals surface area contributed by atoms with Gasteiger partial charge in [-0.3, -0.25) is 4.68 Å². The van der Waals surface area contributed by atoms with Gasteiger partial charge >= 0.3 is 0 Å². The van der Waals surface area contributed by atoms with Gasteiger partial charge in [0.25, 0.3) is 0 Å². The SMILES string of the molecule is CNCCn1cc(C23CC4CC(CC(C4)C2)C3)cn1. The van der Waals surface area contributed by atoms with Gasteiger partial charge in [-0.05, 0) is 74.3 Å². The van der Waals surface area contributed by atoms with Crippen LogP contribution in [-0.4, -0.2) is 23.4 Å². The predicted molar refractivity (Wildman–Crippen MR) is 76.0 cm³/mol. The van der Waals surface area contributed by atoms with Crippen LogP contribution < -0.4 is 5.32 Å². The van der Waals surface area contributed by atoms with Crippen molar-refractivity contribution in [1.82, 2.24) is 15.1 Å². The highest BCUT2D eigenvalue weighted by molar-refractivity contribution is 5.25. The lowest BCUT2D eigenvalue weighted by Gasteiger charge is -2.56. The first-order valence-electron chi connectivity index (χ1n) is 7.95. The van der Waals surface area contributed by atoms with Crippen LogP contribution in [0.4, 0.5) is 0 Å². The maximum Gasteiger partial charge on any atom is 0.0533 e. The minimum atomic E-state index is 0.507. The molecule has 19 heavy (non-hydrogen) atoms. The molecule has 4 fully saturated rings. The molecular weight excluding hydrogens is 234 g/mol. The summed E-state index contributed by atoms with van der Waals surface area (Å²) < 4.78 is 2.13. The molecule has 3 heteroatoms. The molecule has 0 aromatic carbocycles. The van der Waals surface area contributed by atoms with E-state index in [4.69, 9.17) is 0 Å². The molecule has 0 saturated heterocycles. The van der Waals surface area contributed by atoms with Gasteiger partial charge in [0.15, 0.2) is 0 Å². The van der Waals surface area contributed by atoms with Crippen LogP contribution in [0, 0.1) is 17.8 Å². The standard InChI is InChI=1S/C16H25N3/c1-17-2-3-19-11-15(10-18-19)16-7-12-4-13(8-16)6-14(5-12)9-16/h10-14,17H,2-9H2,1H3. The summed E-state index contributed by atoms with van der Waals surface area (Å²) in [4.78, 5) is 0. The first-order valence-corrected chi connectivity index (χ1v) is 7.95. The topological polar surface area (TPSA) is 29.9 Å². The second kappa shape index (κ2) is 4.34. The number of rotatable bonds is 4. The molecule has 0 radical (unpaired) electrons. The van der Waals surface area contributed by atoms with Gasteiger partial charge in [-0.25, -0.2) is 0 Å². The van der Waals surface area contributed by atoms with Crippen molar-refractivity contribution in [2.24, 2.45) is 17.8 Å². The second-order valence-electron chi connectivity index (χ2n) is 7.29. The molecule has 0 spiro atoms. The van der Waals surface area contributed by atoms with E-state index >= 15 is 0 Å². The smallest absolute Gasteiger partial charge is 0.0533 e. The van der Waals surface area contributed by atoms with E-state index in [1.165, 1.54) is 38.5 Å². The molecule has 0 aliphatic heterocycles. The van der Waals surface area contributed by atoms with Crippen molar-refractivity contribution in [3.8, 4) is 0 Å².